The molecule has 0 radical (unpaired) electrons. The summed E-state index contributed by atoms with van der Waals surface area (Å²) >= 11 is 0. The van der Waals surface area contributed by atoms with Crippen molar-refractivity contribution in [2.45, 2.75) is 133 Å². The van der Waals surface area contributed by atoms with Crippen molar-refractivity contribution >= 4 is 0 Å². The molecule has 0 bridgehead atoms. The van der Waals surface area contributed by atoms with Crippen LogP contribution in [0.2, 0.25) is 0 Å². The van der Waals surface area contributed by atoms with Crippen molar-refractivity contribution in [3.05, 3.63) is 49.1 Å². The Morgan fingerprint density at radius 1 is 0.481 bits per heavy atom. The highest BCUT2D eigenvalue weighted by Gasteiger charge is 1.57. The van der Waals surface area contributed by atoms with Gasteiger partial charge < -0.3 is 0 Å². The summed E-state index contributed by atoms with van der Waals surface area (Å²) in [5, 5.41) is 0. The second-order valence-electron chi connectivity index (χ2n) is 2.27. The van der Waals surface area contributed by atoms with Gasteiger partial charge in [-0.25, -0.2) is 0 Å². The largest absolute Gasteiger partial charge is 0.103 e. The number of rotatable bonds is 0. The standard InChI is InChI=1S/C6H6.C3H8.C3H6.6C2H6.3CH4/c1-2-4-6-5-3-1;2*1-3-2;6*1-2;;;/h1-6H;3H2,1-2H3;3H,1H2,2H3;6*1-2H3;3*1H4. The minimum Gasteiger partial charge on any atom is -0.103 e. The van der Waals surface area contributed by atoms with Crippen molar-refractivity contribution < 1.29 is 0 Å². The lowest BCUT2D eigenvalue weighted by Gasteiger charge is -1.69. The minimum absolute atomic E-state index is 0. The van der Waals surface area contributed by atoms with Crippen LogP contribution in [-0.2, 0) is 0 Å². The van der Waals surface area contributed by atoms with Gasteiger partial charge in [0.25, 0.3) is 0 Å². The van der Waals surface area contributed by atoms with Gasteiger partial charge in [-0.1, -0.05) is 168 Å². The Hall–Kier alpha value is -1.04. The van der Waals surface area contributed by atoms with Crippen LogP contribution in [0.1, 0.15) is 133 Å². The van der Waals surface area contributed by atoms with E-state index in [0.717, 1.165) is 0 Å². The highest BCUT2D eigenvalue weighted by Crippen LogP contribution is 1.79. The quantitative estimate of drug-likeness (QED) is 0.385. The summed E-state index contributed by atoms with van der Waals surface area (Å²) in [6.07, 6.45) is 3.00. The molecule has 0 aliphatic carbocycles. The molecule has 0 saturated carbocycles. The number of allylic oxidation sites excluding steroid dienone is 1. The number of benzene rings is 1. The molecule has 1 rings (SSSR count). The van der Waals surface area contributed by atoms with Crippen molar-refractivity contribution in [3.8, 4) is 0 Å². The summed E-state index contributed by atoms with van der Waals surface area (Å²) in [5.41, 5.74) is 0. The fourth-order valence-electron chi connectivity index (χ4n) is 0.385. The van der Waals surface area contributed by atoms with Crippen LogP contribution in [0.5, 0.6) is 0 Å². The minimum atomic E-state index is 0. The van der Waals surface area contributed by atoms with E-state index in [2.05, 4.69) is 20.4 Å². The van der Waals surface area contributed by atoms with Crippen LogP contribution in [0.25, 0.3) is 0 Å². The molecule has 0 aliphatic heterocycles. The van der Waals surface area contributed by atoms with Crippen LogP contribution < -0.4 is 0 Å². The van der Waals surface area contributed by atoms with E-state index in [1.807, 2.05) is 126 Å². The molecular formula is C27H68. The van der Waals surface area contributed by atoms with Crippen LogP contribution in [0.4, 0.5) is 0 Å². The summed E-state index contributed by atoms with van der Waals surface area (Å²) in [6.45, 7) is 33.5. The average molecular weight is 393 g/mol. The van der Waals surface area contributed by atoms with E-state index >= 15 is 0 Å². The van der Waals surface area contributed by atoms with Crippen LogP contribution in [0, 0.1) is 0 Å². The highest BCUT2D eigenvalue weighted by molar-refractivity contribution is 4.99. The van der Waals surface area contributed by atoms with Crippen molar-refractivity contribution in [3.63, 3.8) is 0 Å². The van der Waals surface area contributed by atoms with Gasteiger partial charge in [0.05, 0.1) is 0 Å². The summed E-state index contributed by atoms with van der Waals surface area (Å²) in [5.74, 6) is 0. The molecule has 1 aromatic carbocycles. The number of hydrogen-bond donors (Lipinski definition) is 0. The molecule has 0 saturated heterocycles. The van der Waals surface area contributed by atoms with E-state index in [1.165, 1.54) is 6.42 Å². The Kier molecular flexibility index (Phi) is 792. The third kappa shape index (κ3) is 535. The predicted molar refractivity (Wildman–Crippen MR) is 147 cm³/mol. The topological polar surface area (TPSA) is 0 Å². The maximum Gasteiger partial charge on any atom is -0.0473 e. The molecule has 0 nitrogen and oxygen atoms in total. The molecular weight excluding hydrogens is 324 g/mol. The van der Waals surface area contributed by atoms with Gasteiger partial charge >= 0.3 is 0 Å². The highest BCUT2D eigenvalue weighted by atomic mass is 13.6. The van der Waals surface area contributed by atoms with Gasteiger partial charge in [-0.3, -0.25) is 0 Å². The average Bonchev–Trinajstić information content (AvgIpc) is 2.74. The molecule has 1 aromatic rings. The van der Waals surface area contributed by atoms with E-state index in [-0.39, 0.29) is 22.3 Å². The van der Waals surface area contributed by atoms with Crippen molar-refractivity contribution in [2.75, 3.05) is 0 Å². The zero-order valence-corrected chi connectivity index (χ0v) is 20.5. The Morgan fingerprint density at radius 2 is 0.519 bits per heavy atom. The second-order valence-corrected chi connectivity index (χ2v) is 2.27. The smallest absolute Gasteiger partial charge is 0.0473 e. The van der Waals surface area contributed by atoms with Gasteiger partial charge in [0.1, 0.15) is 0 Å². The molecule has 0 aromatic heterocycles. The van der Waals surface area contributed by atoms with Crippen molar-refractivity contribution in [1.82, 2.24) is 0 Å². The monoisotopic (exact) mass is 393 g/mol. The molecule has 176 valence electrons. The maximum absolute atomic E-state index is 3.36. The second kappa shape index (κ2) is 296. The zero-order valence-electron chi connectivity index (χ0n) is 20.5. The molecule has 0 unspecified atom stereocenters. The first-order chi connectivity index (χ1) is 11.8. The molecule has 0 heteroatoms. The fourth-order valence-corrected chi connectivity index (χ4v) is 0.385. The van der Waals surface area contributed by atoms with E-state index in [9.17, 15) is 0 Å². The summed E-state index contributed by atoms with van der Waals surface area (Å²) in [7, 11) is 0. The van der Waals surface area contributed by atoms with Crippen LogP contribution in [0.15, 0.2) is 49.1 Å². The normalized spacial score (nSPS) is 4.26. The number of hydrogen-bond acceptors (Lipinski definition) is 0. The summed E-state index contributed by atoms with van der Waals surface area (Å²) < 4.78 is 0. The Balaban J connectivity index is -0.0000000123. The molecule has 0 spiro atoms. The van der Waals surface area contributed by atoms with E-state index in [0.29, 0.717) is 0 Å². The van der Waals surface area contributed by atoms with Gasteiger partial charge in [0, 0.05) is 0 Å². The third-order valence-corrected chi connectivity index (χ3v) is 0.667. The van der Waals surface area contributed by atoms with E-state index < -0.39 is 0 Å². The van der Waals surface area contributed by atoms with Crippen LogP contribution >= 0.6 is 0 Å². The molecule has 0 N–H and O–H groups in total. The summed E-state index contributed by atoms with van der Waals surface area (Å²) in [6, 6.07) is 12.0. The maximum atomic E-state index is 3.36. The lowest BCUT2D eigenvalue weighted by atomic mass is 10.4. The first-order valence-electron chi connectivity index (χ1n) is 10.4. The third-order valence-electron chi connectivity index (χ3n) is 0.667. The van der Waals surface area contributed by atoms with Gasteiger partial charge in [-0.05, 0) is 6.92 Å². The Morgan fingerprint density at radius 3 is 0.556 bits per heavy atom. The lowest BCUT2D eigenvalue weighted by molar-refractivity contribution is 1.09. The Bertz CT molecular complexity index is 115. The molecule has 0 fully saturated rings. The molecule has 0 aliphatic rings. The van der Waals surface area contributed by atoms with Crippen LogP contribution in [0.3, 0.4) is 0 Å². The Labute approximate surface area is 181 Å². The van der Waals surface area contributed by atoms with Gasteiger partial charge in [-0.15, -0.1) is 6.58 Å². The lowest BCUT2D eigenvalue weighted by Crippen LogP contribution is -1.47. The zero-order chi connectivity index (χ0) is 21.7. The fraction of sp³-hybridized carbons (Fsp3) is 0.704. The SMILES string of the molecule is C.C.C.C=CC.CC.CC.CC.CC.CC.CC.CCC.c1ccccc1. The molecule has 0 amide bonds. The molecule has 0 heterocycles. The summed E-state index contributed by atoms with van der Waals surface area (Å²) in [4.78, 5) is 0. The first-order valence-corrected chi connectivity index (χ1v) is 10.4. The van der Waals surface area contributed by atoms with Gasteiger partial charge in [0.2, 0.25) is 0 Å². The van der Waals surface area contributed by atoms with Crippen molar-refractivity contribution in [1.29, 1.82) is 0 Å². The first kappa shape index (κ1) is 72.3. The molecule has 0 atom stereocenters. The van der Waals surface area contributed by atoms with E-state index in [1.54, 1.807) is 6.08 Å². The molecule has 27 heavy (non-hydrogen) atoms. The predicted octanol–water partition coefficient (Wildman–Crippen LogP) is 12.4. The van der Waals surface area contributed by atoms with Gasteiger partial charge in [-0.2, -0.15) is 0 Å². The van der Waals surface area contributed by atoms with Crippen LogP contribution in [-0.4, -0.2) is 0 Å². The van der Waals surface area contributed by atoms with Crippen molar-refractivity contribution in [2.24, 2.45) is 0 Å². The van der Waals surface area contributed by atoms with Gasteiger partial charge in [0.15, 0.2) is 0 Å². The van der Waals surface area contributed by atoms with E-state index in [4.69, 9.17) is 0 Å².